The number of aromatic nitrogens is 4. The van der Waals surface area contributed by atoms with Crippen LogP contribution in [0.15, 0.2) is 47.7 Å². The summed E-state index contributed by atoms with van der Waals surface area (Å²) in [6.45, 7) is 6.29. The minimum absolute atomic E-state index is 0.0615. The van der Waals surface area contributed by atoms with Crippen LogP contribution in [0.4, 0.5) is 5.69 Å². The topological polar surface area (TPSA) is 73.0 Å². The fourth-order valence-electron chi connectivity index (χ4n) is 2.78. The Kier molecular flexibility index (Phi) is 4.63. The van der Waals surface area contributed by atoms with E-state index >= 15 is 0 Å². The summed E-state index contributed by atoms with van der Waals surface area (Å²) in [4.78, 5) is 31.0. The predicted octanol–water partition coefficient (Wildman–Crippen LogP) is 2.40. The molecule has 3 aromatic rings. The summed E-state index contributed by atoms with van der Waals surface area (Å²) in [6, 6.07) is 9.42. The maximum Gasteiger partial charge on any atom is 0.264 e. The number of benzene rings is 1. The maximum atomic E-state index is 12.7. The van der Waals surface area contributed by atoms with Crippen molar-refractivity contribution in [1.29, 1.82) is 0 Å². The van der Waals surface area contributed by atoms with Crippen molar-refractivity contribution in [3.8, 4) is 0 Å². The van der Waals surface area contributed by atoms with Gasteiger partial charge in [-0.1, -0.05) is 18.2 Å². The van der Waals surface area contributed by atoms with Crippen LogP contribution in [0.3, 0.4) is 0 Å². The molecule has 0 spiro atoms. The van der Waals surface area contributed by atoms with Crippen molar-refractivity contribution in [3.05, 3.63) is 53.2 Å². The Labute approximate surface area is 151 Å². The number of carbonyl (C=O) groups is 1. The highest BCUT2D eigenvalue weighted by atomic mass is 16.2. The molecule has 1 aromatic carbocycles. The van der Waals surface area contributed by atoms with E-state index < -0.39 is 0 Å². The van der Waals surface area contributed by atoms with Gasteiger partial charge in [0.15, 0.2) is 5.65 Å². The summed E-state index contributed by atoms with van der Waals surface area (Å²) in [5.74, 6) is -0.0615. The number of nitrogens with zero attached hydrogens (tertiary/aromatic N) is 5. The lowest BCUT2D eigenvalue weighted by atomic mass is 10.1. The zero-order chi connectivity index (χ0) is 18.9. The molecule has 0 saturated carbocycles. The van der Waals surface area contributed by atoms with Crippen molar-refractivity contribution in [2.45, 2.75) is 39.3 Å². The Morgan fingerprint density at radius 3 is 2.54 bits per heavy atom. The highest BCUT2D eigenvalue weighted by Crippen LogP contribution is 2.18. The summed E-state index contributed by atoms with van der Waals surface area (Å²) >= 11 is 0. The molecule has 0 bridgehead atoms. The SMILES string of the molecule is CN(C(=O)CCn1cnc2c(cnn2C(C)(C)C)c1=O)c1ccccc1. The Morgan fingerprint density at radius 2 is 1.88 bits per heavy atom. The second-order valence-corrected chi connectivity index (χ2v) is 7.25. The zero-order valence-electron chi connectivity index (χ0n) is 15.5. The Morgan fingerprint density at radius 1 is 1.19 bits per heavy atom. The normalized spacial score (nSPS) is 11.7. The van der Waals surface area contributed by atoms with Gasteiger partial charge in [-0.15, -0.1) is 0 Å². The number of fused-ring (bicyclic) bond motifs is 1. The molecule has 0 radical (unpaired) electrons. The largest absolute Gasteiger partial charge is 0.315 e. The van der Waals surface area contributed by atoms with Crippen LogP contribution in [-0.2, 0) is 16.9 Å². The Hall–Kier alpha value is -2.96. The van der Waals surface area contributed by atoms with Crippen molar-refractivity contribution >= 4 is 22.6 Å². The fourth-order valence-corrected chi connectivity index (χ4v) is 2.78. The van der Waals surface area contributed by atoms with Gasteiger partial charge in [-0.25, -0.2) is 9.67 Å². The monoisotopic (exact) mass is 353 g/mol. The van der Waals surface area contributed by atoms with Gasteiger partial charge >= 0.3 is 0 Å². The minimum atomic E-state index is -0.262. The van der Waals surface area contributed by atoms with Crippen LogP contribution >= 0.6 is 0 Å². The Balaban J connectivity index is 1.79. The number of hydrogen-bond acceptors (Lipinski definition) is 4. The van der Waals surface area contributed by atoms with Crippen LogP contribution in [0.2, 0.25) is 0 Å². The summed E-state index contributed by atoms with van der Waals surface area (Å²) < 4.78 is 3.20. The number of rotatable bonds is 4. The third kappa shape index (κ3) is 3.37. The molecule has 2 aromatic heterocycles. The van der Waals surface area contributed by atoms with Gasteiger partial charge in [0.2, 0.25) is 5.91 Å². The van der Waals surface area contributed by atoms with Gasteiger partial charge in [0, 0.05) is 25.7 Å². The maximum absolute atomic E-state index is 12.7. The molecule has 0 fully saturated rings. The quantitative estimate of drug-likeness (QED) is 0.722. The molecule has 0 N–H and O–H groups in total. The highest BCUT2D eigenvalue weighted by molar-refractivity contribution is 5.92. The van der Waals surface area contributed by atoms with Gasteiger partial charge < -0.3 is 4.90 Å². The van der Waals surface area contributed by atoms with Gasteiger partial charge in [-0.2, -0.15) is 5.10 Å². The Bertz CT molecular complexity index is 983. The van der Waals surface area contributed by atoms with Crippen molar-refractivity contribution in [2.24, 2.45) is 0 Å². The van der Waals surface area contributed by atoms with Crippen molar-refractivity contribution in [2.75, 3.05) is 11.9 Å². The van der Waals surface area contributed by atoms with Crippen LogP contribution in [-0.4, -0.2) is 32.3 Å². The van der Waals surface area contributed by atoms with E-state index in [2.05, 4.69) is 10.1 Å². The van der Waals surface area contributed by atoms with E-state index in [0.29, 0.717) is 11.0 Å². The molecule has 2 heterocycles. The number of para-hydroxylation sites is 1. The van der Waals surface area contributed by atoms with E-state index in [-0.39, 0.29) is 30.0 Å². The van der Waals surface area contributed by atoms with Gasteiger partial charge in [-0.3, -0.25) is 14.2 Å². The first-order chi connectivity index (χ1) is 12.3. The van der Waals surface area contributed by atoms with Crippen LogP contribution in [0.25, 0.3) is 11.0 Å². The first-order valence-corrected chi connectivity index (χ1v) is 8.54. The average molecular weight is 353 g/mol. The smallest absolute Gasteiger partial charge is 0.264 e. The minimum Gasteiger partial charge on any atom is -0.315 e. The number of hydrogen-bond donors (Lipinski definition) is 0. The van der Waals surface area contributed by atoms with Crippen molar-refractivity contribution < 1.29 is 4.79 Å². The summed E-state index contributed by atoms with van der Waals surface area (Å²) in [5, 5.41) is 4.76. The molecule has 0 aliphatic heterocycles. The van der Waals surface area contributed by atoms with E-state index in [4.69, 9.17) is 0 Å². The van der Waals surface area contributed by atoms with Crippen molar-refractivity contribution in [1.82, 2.24) is 19.3 Å². The molecule has 0 atom stereocenters. The highest BCUT2D eigenvalue weighted by Gasteiger charge is 2.20. The molecular formula is C19H23N5O2. The van der Waals surface area contributed by atoms with Gasteiger partial charge in [0.05, 0.1) is 18.1 Å². The van der Waals surface area contributed by atoms with Crippen molar-refractivity contribution in [3.63, 3.8) is 0 Å². The molecule has 0 saturated heterocycles. The molecule has 3 rings (SSSR count). The van der Waals surface area contributed by atoms with Gasteiger partial charge in [-0.05, 0) is 32.9 Å². The lowest BCUT2D eigenvalue weighted by Gasteiger charge is -2.19. The van der Waals surface area contributed by atoms with E-state index in [1.165, 1.54) is 10.9 Å². The number of carbonyl (C=O) groups excluding carboxylic acids is 1. The number of amides is 1. The molecule has 0 aliphatic rings. The summed E-state index contributed by atoms with van der Waals surface area (Å²) in [5.41, 5.74) is 0.943. The number of anilines is 1. The standard InChI is InChI=1S/C19H23N5O2/c1-19(2,3)24-17-15(12-21-24)18(26)23(13-20-17)11-10-16(25)22(4)14-8-6-5-7-9-14/h5-9,12-13H,10-11H2,1-4H3. The van der Waals surface area contributed by atoms with E-state index in [1.807, 2.05) is 51.1 Å². The molecule has 0 aliphatic carbocycles. The zero-order valence-corrected chi connectivity index (χ0v) is 15.5. The third-order valence-electron chi connectivity index (χ3n) is 4.27. The van der Waals surface area contributed by atoms with Gasteiger partial charge in [0.25, 0.3) is 5.56 Å². The van der Waals surface area contributed by atoms with Gasteiger partial charge in [0.1, 0.15) is 5.39 Å². The van der Waals surface area contributed by atoms with E-state index in [9.17, 15) is 9.59 Å². The number of aryl methyl sites for hydroxylation is 1. The molecule has 0 unspecified atom stereocenters. The van der Waals surface area contributed by atoms with Crippen LogP contribution < -0.4 is 10.5 Å². The molecule has 26 heavy (non-hydrogen) atoms. The molecule has 7 heteroatoms. The van der Waals surface area contributed by atoms with E-state index in [1.54, 1.807) is 22.8 Å². The predicted molar refractivity (Wildman–Crippen MR) is 101 cm³/mol. The summed E-state index contributed by atoms with van der Waals surface area (Å²) in [7, 11) is 1.73. The van der Waals surface area contributed by atoms with Crippen LogP contribution in [0.1, 0.15) is 27.2 Å². The molecule has 136 valence electrons. The van der Waals surface area contributed by atoms with Crippen LogP contribution in [0.5, 0.6) is 0 Å². The first-order valence-electron chi connectivity index (χ1n) is 8.54. The average Bonchev–Trinajstić information content (AvgIpc) is 3.06. The third-order valence-corrected chi connectivity index (χ3v) is 4.27. The van der Waals surface area contributed by atoms with E-state index in [0.717, 1.165) is 5.69 Å². The molecule has 7 nitrogen and oxygen atoms in total. The fraction of sp³-hybridized carbons (Fsp3) is 0.368. The molecule has 1 amide bonds. The molecular weight excluding hydrogens is 330 g/mol. The first kappa shape index (κ1) is 17.8. The second-order valence-electron chi connectivity index (χ2n) is 7.25. The summed E-state index contributed by atoms with van der Waals surface area (Å²) in [6.07, 6.45) is 3.25. The lowest BCUT2D eigenvalue weighted by molar-refractivity contribution is -0.118. The van der Waals surface area contributed by atoms with Crippen LogP contribution in [0, 0.1) is 0 Å². The second kappa shape index (κ2) is 6.74. The lowest BCUT2D eigenvalue weighted by Crippen LogP contribution is -2.29.